The Morgan fingerprint density at radius 2 is 1.12 bits per heavy atom. The Balaban J connectivity index is 1.56. The predicted octanol–water partition coefficient (Wildman–Crippen LogP) is 7.01. The molecule has 8 rings (SSSR count). The van der Waals surface area contributed by atoms with Crippen molar-refractivity contribution in [2.24, 2.45) is 5.41 Å². The van der Waals surface area contributed by atoms with Gasteiger partial charge in [-0.1, -0.05) is 121 Å². The Hall–Kier alpha value is -4.84. The van der Waals surface area contributed by atoms with Crippen LogP contribution in [0.2, 0.25) is 0 Å². The Labute approximate surface area is 243 Å². The molecule has 0 bridgehead atoms. The average molecular weight is 551 g/mol. The van der Waals surface area contributed by atoms with E-state index in [1.165, 1.54) is 0 Å². The molecule has 3 aliphatic rings. The molecule has 0 radical (unpaired) electrons. The van der Waals surface area contributed by atoms with E-state index in [0.29, 0.717) is 28.0 Å². The van der Waals surface area contributed by atoms with Gasteiger partial charge < -0.3 is 4.74 Å². The maximum Gasteiger partial charge on any atom is 0.208 e. The summed E-state index contributed by atoms with van der Waals surface area (Å²) in [5.41, 5.74) is 0.152. The van der Waals surface area contributed by atoms with E-state index in [1.807, 2.05) is 121 Å². The molecule has 0 N–H and O–H groups in total. The molecule has 204 valence electrons. The third-order valence-corrected chi connectivity index (χ3v) is 9.38. The second-order valence-corrected chi connectivity index (χ2v) is 11.1. The van der Waals surface area contributed by atoms with Crippen LogP contribution in [0.15, 0.2) is 133 Å². The van der Waals surface area contributed by atoms with Crippen molar-refractivity contribution in [2.45, 2.75) is 17.1 Å². The molecular formula is C37H26O5. The van der Waals surface area contributed by atoms with Gasteiger partial charge in [0, 0.05) is 17.0 Å². The zero-order valence-corrected chi connectivity index (χ0v) is 22.8. The molecule has 0 amide bonds. The molecule has 5 heteroatoms. The van der Waals surface area contributed by atoms with E-state index in [9.17, 15) is 0 Å². The normalized spacial score (nSPS) is 26.3. The van der Waals surface area contributed by atoms with Gasteiger partial charge in [-0.3, -0.25) is 9.59 Å². The smallest absolute Gasteiger partial charge is 0.208 e. The minimum Gasteiger partial charge on any atom is -0.497 e. The second-order valence-electron chi connectivity index (χ2n) is 11.1. The van der Waals surface area contributed by atoms with E-state index in [0.717, 1.165) is 16.7 Å². The van der Waals surface area contributed by atoms with E-state index >= 15 is 9.59 Å². The summed E-state index contributed by atoms with van der Waals surface area (Å²) in [7, 11) is 1.61. The third-order valence-electron chi connectivity index (χ3n) is 9.38. The van der Waals surface area contributed by atoms with Crippen LogP contribution in [-0.2, 0) is 21.0 Å². The third kappa shape index (κ3) is 2.75. The number of benzene rings is 5. The fourth-order valence-corrected chi connectivity index (χ4v) is 7.86. The van der Waals surface area contributed by atoms with Crippen molar-refractivity contribution in [2.75, 3.05) is 7.11 Å². The van der Waals surface area contributed by atoms with Crippen molar-refractivity contribution in [1.29, 1.82) is 0 Å². The summed E-state index contributed by atoms with van der Waals surface area (Å²) < 4.78 is 5.48. The van der Waals surface area contributed by atoms with Gasteiger partial charge in [-0.05, 0) is 39.9 Å². The van der Waals surface area contributed by atoms with Crippen molar-refractivity contribution in [3.8, 4) is 5.75 Å². The van der Waals surface area contributed by atoms with E-state index in [4.69, 9.17) is 14.5 Å². The highest BCUT2D eigenvalue weighted by Crippen LogP contribution is 2.80. The molecule has 1 aliphatic heterocycles. The topological polar surface area (TPSA) is 61.8 Å². The van der Waals surface area contributed by atoms with E-state index in [1.54, 1.807) is 19.2 Å². The van der Waals surface area contributed by atoms with Crippen LogP contribution in [0.4, 0.5) is 0 Å². The summed E-state index contributed by atoms with van der Waals surface area (Å²) in [5, 5.41) is 0. The summed E-state index contributed by atoms with van der Waals surface area (Å²) in [6.45, 7) is 0. The number of hydrogen-bond acceptors (Lipinski definition) is 5. The number of carbonyl (C=O) groups excluding carboxylic acids is 2. The number of Topliss-reactive ketones (excluding diaryl/α,β-unsaturated/α-hetero) is 2. The van der Waals surface area contributed by atoms with Gasteiger partial charge in [0.1, 0.15) is 11.2 Å². The van der Waals surface area contributed by atoms with Gasteiger partial charge >= 0.3 is 0 Å². The van der Waals surface area contributed by atoms with Gasteiger partial charge in [-0.2, -0.15) is 0 Å². The summed E-state index contributed by atoms with van der Waals surface area (Å²) in [5.74, 6) is -0.375. The molecule has 0 spiro atoms. The average Bonchev–Trinajstić information content (AvgIpc) is 3.63. The van der Waals surface area contributed by atoms with E-state index < -0.39 is 22.5 Å². The zero-order chi connectivity index (χ0) is 28.5. The second kappa shape index (κ2) is 8.83. The SMILES string of the molecule is COc1ccc(C23OOC4(C(=O)c5ccccc5)c5ccccc5C(c5ccccc52)C43C(=O)c2ccccc2)cc1. The number of methoxy groups -OCH3 is 1. The number of carbonyl (C=O) groups is 2. The minimum atomic E-state index is -1.78. The van der Waals surface area contributed by atoms with Gasteiger partial charge in [0.05, 0.1) is 7.11 Å². The fourth-order valence-electron chi connectivity index (χ4n) is 7.86. The monoisotopic (exact) mass is 550 g/mol. The van der Waals surface area contributed by atoms with E-state index in [-0.39, 0.29) is 11.6 Å². The largest absolute Gasteiger partial charge is 0.497 e. The maximum absolute atomic E-state index is 15.6. The molecule has 1 fully saturated rings. The van der Waals surface area contributed by atoms with Crippen LogP contribution in [-0.4, -0.2) is 18.7 Å². The first-order valence-electron chi connectivity index (χ1n) is 14.0. The first kappa shape index (κ1) is 24.9. The standard InChI is InChI=1S/C37H26O5/c1-40-27-22-20-26(21-23-27)36-30-18-10-8-16-28(30)32-29-17-9-11-19-31(29)37(42-41-36,34(39)25-14-6-3-7-15-25)35(32,36)33(38)24-12-4-2-5-13-24/h2-23,32H,1H3. The Morgan fingerprint density at radius 3 is 1.74 bits per heavy atom. The van der Waals surface area contributed by atoms with Crippen LogP contribution in [0.3, 0.4) is 0 Å². The molecule has 5 nitrogen and oxygen atoms in total. The van der Waals surface area contributed by atoms with Crippen LogP contribution in [0.5, 0.6) is 5.75 Å². The van der Waals surface area contributed by atoms with Crippen molar-refractivity contribution >= 4 is 11.6 Å². The molecule has 1 heterocycles. The summed E-state index contributed by atoms with van der Waals surface area (Å²) in [6.07, 6.45) is 0. The lowest BCUT2D eigenvalue weighted by molar-refractivity contribution is -0.338. The predicted molar refractivity (Wildman–Crippen MR) is 156 cm³/mol. The Bertz CT molecular complexity index is 1870. The highest BCUT2D eigenvalue weighted by Gasteiger charge is 2.88. The van der Waals surface area contributed by atoms with Crippen LogP contribution >= 0.6 is 0 Å². The van der Waals surface area contributed by atoms with Gasteiger partial charge in [0.15, 0.2) is 11.4 Å². The van der Waals surface area contributed by atoms with Crippen molar-refractivity contribution in [1.82, 2.24) is 0 Å². The summed E-state index contributed by atoms with van der Waals surface area (Å²) >= 11 is 0. The van der Waals surface area contributed by atoms with Crippen LogP contribution < -0.4 is 4.74 Å². The molecule has 0 aromatic heterocycles. The molecule has 0 saturated carbocycles. The number of ether oxygens (including phenoxy) is 1. The number of ketones is 2. The molecule has 5 aromatic carbocycles. The van der Waals surface area contributed by atoms with Gasteiger partial charge in [-0.15, -0.1) is 0 Å². The Kier molecular flexibility index (Phi) is 5.24. The van der Waals surface area contributed by atoms with E-state index in [2.05, 4.69) is 0 Å². The summed E-state index contributed by atoms with van der Waals surface area (Å²) in [6, 6.07) is 41.5. The van der Waals surface area contributed by atoms with Gasteiger partial charge in [-0.25, -0.2) is 9.78 Å². The lowest BCUT2D eigenvalue weighted by Crippen LogP contribution is -2.58. The zero-order valence-electron chi connectivity index (χ0n) is 22.8. The summed E-state index contributed by atoms with van der Waals surface area (Å²) in [4.78, 5) is 43.9. The quantitative estimate of drug-likeness (QED) is 0.168. The molecule has 1 saturated heterocycles. The van der Waals surface area contributed by atoms with Crippen LogP contribution in [0.25, 0.3) is 0 Å². The lowest BCUT2D eigenvalue weighted by Gasteiger charge is -2.43. The molecule has 4 atom stereocenters. The highest BCUT2D eigenvalue weighted by atomic mass is 17.2. The van der Waals surface area contributed by atoms with Crippen molar-refractivity contribution < 1.29 is 24.1 Å². The van der Waals surface area contributed by atoms with Gasteiger partial charge in [0.2, 0.25) is 11.4 Å². The fraction of sp³-hybridized carbons (Fsp3) is 0.135. The number of hydrogen-bond donors (Lipinski definition) is 0. The molecule has 42 heavy (non-hydrogen) atoms. The van der Waals surface area contributed by atoms with Gasteiger partial charge in [0.25, 0.3) is 0 Å². The lowest BCUT2D eigenvalue weighted by atomic mass is 9.54. The molecule has 5 aromatic rings. The molecular weight excluding hydrogens is 524 g/mol. The molecule has 2 aliphatic carbocycles. The van der Waals surface area contributed by atoms with Crippen LogP contribution in [0, 0.1) is 5.41 Å². The number of fused-ring (bicyclic) bond motifs is 6. The van der Waals surface area contributed by atoms with Crippen molar-refractivity contribution in [3.05, 3.63) is 172 Å². The first-order valence-corrected chi connectivity index (χ1v) is 14.0. The Morgan fingerprint density at radius 1 is 0.595 bits per heavy atom. The maximum atomic E-state index is 15.6. The minimum absolute atomic E-state index is 0.210. The molecule has 4 unspecified atom stereocenters. The van der Waals surface area contributed by atoms with Crippen LogP contribution in [0.1, 0.15) is 54.5 Å². The highest BCUT2D eigenvalue weighted by molar-refractivity contribution is 6.15. The van der Waals surface area contributed by atoms with Crippen molar-refractivity contribution in [3.63, 3.8) is 0 Å². The first-order chi connectivity index (χ1) is 20.6. The number of rotatable bonds is 6.